The van der Waals surface area contributed by atoms with Gasteiger partial charge in [-0.1, -0.05) is 6.07 Å². The summed E-state index contributed by atoms with van der Waals surface area (Å²) >= 11 is 0. The first-order chi connectivity index (χ1) is 16.5. The maximum Gasteiger partial charge on any atom is 0.339 e. The average Bonchev–Trinajstić information content (AvgIpc) is 3.26. The van der Waals surface area contributed by atoms with Gasteiger partial charge >= 0.3 is 5.97 Å². The molecular weight excluding hydrogens is 466 g/mol. The van der Waals surface area contributed by atoms with E-state index in [1.807, 2.05) is 60.5 Å². The minimum Gasteiger partial charge on any atom is -0.493 e. The minimum absolute atomic E-state index is 0. The second-order valence-electron chi connectivity index (χ2n) is 7.92. The Morgan fingerprint density at radius 2 is 1.80 bits per heavy atom. The summed E-state index contributed by atoms with van der Waals surface area (Å²) in [6, 6.07) is 19.0. The van der Waals surface area contributed by atoms with Crippen LogP contribution in [-0.2, 0) is 11.3 Å². The first-order valence-electron chi connectivity index (χ1n) is 10.6. The van der Waals surface area contributed by atoms with Gasteiger partial charge in [0.05, 0.1) is 31.4 Å². The Bertz CT molecular complexity index is 1480. The molecule has 0 saturated carbocycles. The molecule has 8 heteroatoms. The van der Waals surface area contributed by atoms with Crippen LogP contribution in [0, 0.1) is 11.3 Å². The summed E-state index contributed by atoms with van der Waals surface area (Å²) in [5.74, 6) is 1.54. The summed E-state index contributed by atoms with van der Waals surface area (Å²) in [6.07, 6.45) is 1.75. The third-order valence-corrected chi connectivity index (χ3v) is 6.03. The molecule has 176 valence electrons. The molecular formula is C27H22ClN3O4. The fraction of sp³-hybridized carbons (Fsp3) is 0.148. The van der Waals surface area contributed by atoms with Crippen molar-refractivity contribution < 1.29 is 19.0 Å². The molecule has 0 fully saturated rings. The fourth-order valence-corrected chi connectivity index (χ4v) is 4.30. The molecule has 0 spiro atoms. The first kappa shape index (κ1) is 23.9. The second kappa shape index (κ2) is 9.53. The van der Waals surface area contributed by atoms with Crippen molar-refractivity contribution in [2.45, 2.75) is 6.61 Å². The predicted octanol–water partition coefficient (Wildman–Crippen LogP) is 5.65. The number of pyridine rings is 1. The van der Waals surface area contributed by atoms with E-state index in [1.165, 1.54) is 0 Å². The van der Waals surface area contributed by atoms with Gasteiger partial charge in [-0.15, -0.1) is 12.4 Å². The van der Waals surface area contributed by atoms with Crippen LogP contribution in [0.1, 0.15) is 21.5 Å². The number of carbonyl (C=O) groups is 1. The van der Waals surface area contributed by atoms with Gasteiger partial charge in [-0.3, -0.25) is 0 Å². The average molecular weight is 488 g/mol. The number of benzene rings is 3. The molecule has 35 heavy (non-hydrogen) atoms. The van der Waals surface area contributed by atoms with E-state index in [2.05, 4.69) is 11.1 Å². The molecule has 0 unspecified atom stereocenters. The highest BCUT2D eigenvalue weighted by Gasteiger charge is 2.28. The molecule has 2 heterocycles. The standard InChI is InChI=1S/C27H21N3O4.ClH/c1-30(20-6-4-5-16(9-20)13-28)24-8-7-17(14-29-24)25-21-12-23(33-3)22(32-2)11-18(21)10-19-15-34-27(31)26(19)25;/h4-12,14H,15H2,1-3H3;1H. The summed E-state index contributed by atoms with van der Waals surface area (Å²) in [7, 11) is 5.07. The number of halogens is 1. The quantitative estimate of drug-likeness (QED) is 0.336. The van der Waals surface area contributed by atoms with Crippen molar-refractivity contribution in [3.8, 4) is 28.7 Å². The molecule has 0 radical (unpaired) electrons. The Labute approximate surface area is 208 Å². The van der Waals surface area contributed by atoms with E-state index in [1.54, 1.807) is 26.5 Å². The Balaban J connectivity index is 0.00000289. The third-order valence-electron chi connectivity index (χ3n) is 6.03. The highest BCUT2D eigenvalue weighted by molar-refractivity contribution is 6.11. The van der Waals surface area contributed by atoms with Gasteiger partial charge in [-0.2, -0.15) is 5.26 Å². The van der Waals surface area contributed by atoms with Crippen LogP contribution in [0.2, 0.25) is 0 Å². The van der Waals surface area contributed by atoms with Gasteiger partial charge in [0, 0.05) is 35.6 Å². The smallest absolute Gasteiger partial charge is 0.339 e. The number of aromatic nitrogens is 1. The number of anilines is 2. The molecule has 0 N–H and O–H groups in total. The monoisotopic (exact) mass is 487 g/mol. The number of nitriles is 1. The highest BCUT2D eigenvalue weighted by atomic mass is 35.5. The van der Waals surface area contributed by atoms with Gasteiger partial charge in [0.25, 0.3) is 0 Å². The zero-order valence-corrected chi connectivity index (χ0v) is 20.2. The molecule has 0 atom stereocenters. The summed E-state index contributed by atoms with van der Waals surface area (Å²) in [5.41, 5.74) is 4.35. The fourth-order valence-electron chi connectivity index (χ4n) is 4.30. The molecule has 7 nitrogen and oxygen atoms in total. The van der Waals surface area contributed by atoms with Crippen LogP contribution in [0.4, 0.5) is 11.5 Å². The zero-order valence-electron chi connectivity index (χ0n) is 19.4. The largest absolute Gasteiger partial charge is 0.493 e. The molecule has 5 rings (SSSR count). The Morgan fingerprint density at radius 1 is 1.03 bits per heavy atom. The lowest BCUT2D eigenvalue weighted by Gasteiger charge is -2.19. The molecule has 1 aliphatic heterocycles. The van der Waals surface area contributed by atoms with Crippen molar-refractivity contribution in [3.63, 3.8) is 0 Å². The zero-order chi connectivity index (χ0) is 23.8. The maximum absolute atomic E-state index is 12.7. The summed E-state index contributed by atoms with van der Waals surface area (Å²) in [6.45, 7) is 0.231. The van der Waals surface area contributed by atoms with Crippen molar-refractivity contribution in [3.05, 3.63) is 77.5 Å². The number of methoxy groups -OCH3 is 2. The van der Waals surface area contributed by atoms with E-state index in [-0.39, 0.29) is 25.0 Å². The number of esters is 1. The minimum atomic E-state index is -0.351. The Morgan fingerprint density at radius 3 is 2.49 bits per heavy atom. The number of nitrogens with zero attached hydrogens (tertiary/aromatic N) is 3. The van der Waals surface area contributed by atoms with Crippen molar-refractivity contribution in [2.75, 3.05) is 26.2 Å². The van der Waals surface area contributed by atoms with Crippen molar-refractivity contribution in [1.29, 1.82) is 5.26 Å². The van der Waals surface area contributed by atoms with Crippen LogP contribution in [0.15, 0.2) is 60.8 Å². The SMILES string of the molecule is COc1cc2cc3c(c(-c4ccc(N(C)c5cccc(C#N)c5)nc4)c2cc1OC)C(=O)OC3.Cl. The highest BCUT2D eigenvalue weighted by Crippen LogP contribution is 2.42. The van der Waals surface area contributed by atoms with Gasteiger partial charge in [0.1, 0.15) is 12.4 Å². The number of rotatable bonds is 5. The molecule has 1 aliphatic rings. The van der Waals surface area contributed by atoms with Gasteiger partial charge in [-0.25, -0.2) is 9.78 Å². The van der Waals surface area contributed by atoms with Crippen LogP contribution in [-0.4, -0.2) is 32.2 Å². The van der Waals surface area contributed by atoms with E-state index in [4.69, 9.17) is 14.2 Å². The van der Waals surface area contributed by atoms with E-state index in [0.29, 0.717) is 28.4 Å². The number of cyclic esters (lactones) is 1. The van der Waals surface area contributed by atoms with Crippen LogP contribution < -0.4 is 14.4 Å². The number of ether oxygens (including phenoxy) is 3. The lowest BCUT2D eigenvalue weighted by atomic mass is 9.91. The van der Waals surface area contributed by atoms with Gasteiger partial charge < -0.3 is 19.1 Å². The van der Waals surface area contributed by atoms with E-state index in [0.717, 1.165) is 33.2 Å². The van der Waals surface area contributed by atoms with E-state index in [9.17, 15) is 10.1 Å². The lowest BCUT2D eigenvalue weighted by Crippen LogP contribution is -2.11. The van der Waals surface area contributed by atoms with E-state index >= 15 is 0 Å². The number of fused-ring (bicyclic) bond motifs is 2. The van der Waals surface area contributed by atoms with Gasteiger partial charge in [-0.05, 0) is 59.3 Å². The summed E-state index contributed by atoms with van der Waals surface area (Å²) < 4.78 is 16.3. The first-order valence-corrected chi connectivity index (χ1v) is 10.6. The second-order valence-corrected chi connectivity index (χ2v) is 7.92. The predicted molar refractivity (Wildman–Crippen MR) is 136 cm³/mol. The normalized spacial score (nSPS) is 11.8. The number of hydrogen-bond donors (Lipinski definition) is 0. The van der Waals surface area contributed by atoms with Crippen LogP contribution in [0.5, 0.6) is 11.5 Å². The molecule has 3 aromatic carbocycles. The molecule has 0 amide bonds. The van der Waals surface area contributed by atoms with Gasteiger partial charge in [0.15, 0.2) is 11.5 Å². The maximum atomic E-state index is 12.7. The van der Waals surface area contributed by atoms with Crippen molar-refractivity contribution in [1.82, 2.24) is 4.98 Å². The van der Waals surface area contributed by atoms with Crippen LogP contribution >= 0.6 is 12.4 Å². The van der Waals surface area contributed by atoms with Gasteiger partial charge in [0.2, 0.25) is 0 Å². The van der Waals surface area contributed by atoms with E-state index < -0.39 is 0 Å². The van der Waals surface area contributed by atoms with Crippen molar-refractivity contribution >= 4 is 40.7 Å². The summed E-state index contributed by atoms with van der Waals surface area (Å²) in [4.78, 5) is 19.2. The molecule has 1 aromatic heterocycles. The molecule has 0 aliphatic carbocycles. The third kappa shape index (κ3) is 4.09. The van der Waals surface area contributed by atoms with Crippen LogP contribution in [0.25, 0.3) is 21.9 Å². The lowest BCUT2D eigenvalue weighted by molar-refractivity contribution is 0.0535. The molecule has 0 saturated heterocycles. The topological polar surface area (TPSA) is 84.7 Å². The Kier molecular flexibility index (Phi) is 6.50. The number of hydrogen-bond acceptors (Lipinski definition) is 7. The molecule has 0 bridgehead atoms. The number of carbonyl (C=O) groups excluding carboxylic acids is 1. The van der Waals surface area contributed by atoms with Crippen LogP contribution in [0.3, 0.4) is 0 Å². The summed E-state index contributed by atoms with van der Waals surface area (Å²) in [5, 5.41) is 11.0. The Hall–Kier alpha value is -4.28. The molecule has 4 aromatic rings. The van der Waals surface area contributed by atoms with Crippen molar-refractivity contribution in [2.24, 2.45) is 0 Å².